The average Bonchev–Trinajstić information content (AvgIpc) is 2.95. The van der Waals surface area contributed by atoms with Crippen LogP contribution in [0.5, 0.6) is 0 Å². The van der Waals surface area contributed by atoms with Crippen LogP contribution in [0.3, 0.4) is 0 Å². The zero-order valence-electron chi connectivity index (χ0n) is 11.6. The Morgan fingerprint density at radius 3 is 2.86 bits per heavy atom. The Morgan fingerprint density at radius 1 is 1.43 bits per heavy atom. The van der Waals surface area contributed by atoms with Crippen LogP contribution in [0.4, 0.5) is 5.82 Å². The molecule has 1 fully saturated rings. The molecule has 0 bridgehead atoms. The molecule has 2 aromatic rings. The summed E-state index contributed by atoms with van der Waals surface area (Å²) < 4.78 is 25.9. The van der Waals surface area contributed by atoms with Crippen molar-refractivity contribution in [3.05, 3.63) is 34.3 Å². The Morgan fingerprint density at radius 2 is 2.19 bits per heavy atom. The lowest BCUT2D eigenvalue weighted by atomic mass is 10.1. The predicted octanol–water partition coefficient (Wildman–Crippen LogP) is 2.56. The number of rotatable bonds is 2. The summed E-state index contributed by atoms with van der Waals surface area (Å²) in [6.07, 6.45) is 0.575. The zero-order valence-corrected chi connectivity index (χ0v) is 14.0. The summed E-state index contributed by atoms with van der Waals surface area (Å²) >= 11 is 3.50. The van der Waals surface area contributed by atoms with Gasteiger partial charge in [-0.3, -0.25) is 0 Å². The Kier molecular flexibility index (Phi) is 3.57. The summed E-state index contributed by atoms with van der Waals surface area (Å²) in [5.41, 5.74) is 8.88. The summed E-state index contributed by atoms with van der Waals surface area (Å²) in [5.74, 6) is 0.837. The molecule has 1 atom stereocenters. The van der Waals surface area contributed by atoms with E-state index >= 15 is 0 Å². The number of sulfone groups is 1. The fourth-order valence-electron chi connectivity index (χ4n) is 2.69. The molecule has 112 valence electrons. The van der Waals surface area contributed by atoms with Gasteiger partial charge in [0.25, 0.3) is 0 Å². The molecule has 2 heterocycles. The van der Waals surface area contributed by atoms with Crippen LogP contribution in [-0.4, -0.2) is 29.7 Å². The first-order valence-electron chi connectivity index (χ1n) is 6.68. The van der Waals surface area contributed by atoms with Crippen LogP contribution in [-0.2, 0) is 9.84 Å². The second-order valence-electron chi connectivity index (χ2n) is 5.37. The number of halogens is 1. The molecule has 1 unspecified atom stereocenters. The van der Waals surface area contributed by atoms with E-state index in [0.717, 1.165) is 21.3 Å². The molecule has 1 aromatic heterocycles. The Hall–Kier alpha value is -1.34. The van der Waals surface area contributed by atoms with Gasteiger partial charge in [-0.1, -0.05) is 28.1 Å². The minimum absolute atomic E-state index is 0.121. The van der Waals surface area contributed by atoms with Gasteiger partial charge in [0.15, 0.2) is 9.84 Å². The second kappa shape index (κ2) is 5.14. The van der Waals surface area contributed by atoms with E-state index in [9.17, 15) is 8.42 Å². The molecule has 3 rings (SSSR count). The van der Waals surface area contributed by atoms with Crippen LogP contribution >= 0.6 is 15.9 Å². The van der Waals surface area contributed by atoms with Crippen LogP contribution in [0.15, 0.2) is 28.7 Å². The number of aromatic nitrogens is 2. The van der Waals surface area contributed by atoms with Gasteiger partial charge in [-0.15, -0.1) is 0 Å². The molecule has 21 heavy (non-hydrogen) atoms. The van der Waals surface area contributed by atoms with Crippen molar-refractivity contribution in [1.82, 2.24) is 9.78 Å². The maximum absolute atomic E-state index is 11.6. The number of anilines is 1. The molecule has 0 aliphatic carbocycles. The molecular weight excluding hydrogens is 354 g/mol. The van der Waals surface area contributed by atoms with Crippen LogP contribution in [0, 0.1) is 6.92 Å². The van der Waals surface area contributed by atoms with E-state index in [1.165, 1.54) is 0 Å². The monoisotopic (exact) mass is 369 g/mol. The van der Waals surface area contributed by atoms with Crippen molar-refractivity contribution in [3.8, 4) is 11.3 Å². The van der Waals surface area contributed by atoms with Crippen molar-refractivity contribution in [2.75, 3.05) is 17.2 Å². The predicted molar refractivity (Wildman–Crippen MR) is 86.8 cm³/mol. The maximum atomic E-state index is 11.6. The van der Waals surface area contributed by atoms with Crippen molar-refractivity contribution in [2.24, 2.45) is 0 Å². The van der Waals surface area contributed by atoms with Gasteiger partial charge < -0.3 is 5.73 Å². The normalized spacial score (nSPS) is 20.8. The van der Waals surface area contributed by atoms with Gasteiger partial charge in [0.1, 0.15) is 5.82 Å². The largest absolute Gasteiger partial charge is 0.384 e. The molecule has 0 saturated carbocycles. The van der Waals surface area contributed by atoms with Crippen molar-refractivity contribution in [2.45, 2.75) is 19.4 Å². The van der Waals surface area contributed by atoms with Crippen LogP contribution in [0.1, 0.15) is 18.0 Å². The fraction of sp³-hybridized carbons (Fsp3) is 0.357. The standard InChI is InChI=1S/C14H16BrN3O2S/c1-9-11(3-2-4-12(9)15)13-7-14(16)18(17-13)10-5-6-21(19,20)8-10/h2-4,7,10H,5-6,8,16H2,1H3. The molecule has 1 saturated heterocycles. The third-order valence-electron chi connectivity index (χ3n) is 3.86. The number of nitrogen functional groups attached to an aromatic ring is 1. The number of hydrogen-bond acceptors (Lipinski definition) is 4. The van der Waals surface area contributed by atoms with Gasteiger partial charge in [0, 0.05) is 16.1 Å². The maximum Gasteiger partial charge on any atom is 0.152 e. The third-order valence-corrected chi connectivity index (χ3v) is 6.47. The summed E-state index contributed by atoms with van der Waals surface area (Å²) in [4.78, 5) is 0. The minimum Gasteiger partial charge on any atom is -0.384 e. The lowest BCUT2D eigenvalue weighted by Crippen LogP contribution is -2.14. The van der Waals surface area contributed by atoms with Crippen LogP contribution in [0.2, 0.25) is 0 Å². The average molecular weight is 370 g/mol. The van der Waals surface area contributed by atoms with E-state index < -0.39 is 9.84 Å². The highest BCUT2D eigenvalue weighted by Gasteiger charge is 2.31. The summed E-state index contributed by atoms with van der Waals surface area (Å²) in [6.45, 7) is 2.01. The van der Waals surface area contributed by atoms with Gasteiger partial charge >= 0.3 is 0 Å². The first kappa shape index (κ1) is 14.6. The Labute approximate surface area is 132 Å². The molecule has 0 amide bonds. The lowest BCUT2D eigenvalue weighted by molar-refractivity contribution is 0.508. The smallest absolute Gasteiger partial charge is 0.152 e. The summed E-state index contributed by atoms with van der Waals surface area (Å²) in [6, 6.07) is 7.55. The molecule has 7 heteroatoms. The minimum atomic E-state index is -2.95. The Balaban J connectivity index is 2.01. The third kappa shape index (κ3) is 2.72. The Bertz CT molecular complexity index is 799. The summed E-state index contributed by atoms with van der Waals surface area (Å²) in [7, 11) is -2.95. The van der Waals surface area contributed by atoms with E-state index in [0.29, 0.717) is 12.2 Å². The number of nitrogens with zero attached hydrogens (tertiary/aromatic N) is 2. The van der Waals surface area contributed by atoms with Crippen molar-refractivity contribution >= 4 is 31.6 Å². The van der Waals surface area contributed by atoms with Gasteiger partial charge in [0.05, 0.1) is 23.2 Å². The highest BCUT2D eigenvalue weighted by Crippen LogP contribution is 2.32. The van der Waals surface area contributed by atoms with E-state index in [1.54, 1.807) is 10.7 Å². The van der Waals surface area contributed by atoms with Crippen LogP contribution in [0.25, 0.3) is 11.3 Å². The van der Waals surface area contributed by atoms with E-state index in [1.807, 2.05) is 25.1 Å². The molecular formula is C14H16BrN3O2S. The zero-order chi connectivity index (χ0) is 15.2. The summed E-state index contributed by atoms with van der Waals surface area (Å²) in [5, 5.41) is 4.54. The van der Waals surface area contributed by atoms with Crippen molar-refractivity contribution in [3.63, 3.8) is 0 Å². The first-order valence-corrected chi connectivity index (χ1v) is 9.30. The first-order chi connectivity index (χ1) is 9.87. The number of benzene rings is 1. The molecule has 2 N–H and O–H groups in total. The highest BCUT2D eigenvalue weighted by atomic mass is 79.9. The van der Waals surface area contributed by atoms with Gasteiger partial charge in [-0.05, 0) is 25.0 Å². The highest BCUT2D eigenvalue weighted by molar-refractivity contribution is 9.10. The number of nitrogens with two attached hydrogens (primary N) is 1. The van der Waals surface area contributed by atoms with E-state index in [-0.39, 0.29) is 17.5 Å². The molecule has 0 radical (unpaired) electrons. The molecule has 1 aromatic carbocycles. The molecule has 1 aliphatic heterocycles. The van der Waals surface area contributed by atoms with Crippen molar-refractivity contribution < 1.29 is 8.42 Å². The van der Waals surface area contributed by atoms with Gasteiger partial charge in [-0.2, -0.15) is 5.10 Å². The fourth-order valence-corrected chi connectivity index (χ4v) is 4.74. The van der Waals surface area contributed by atoms with Crippen LogP contribution < -0.4 is 5.73 Å². The van der Waals surface area contributed by atoms with Gasteiger partial charge in [0.2, 0.25) is 0 Å². The van der Waals surface area contributed by atoms with E-state index in [4.69, 9.17) is 5.73 Å². The lowest BCUT2D eigenvalue weighted by Gasteiger charge is -2.10. The molecule has 5 nitrogen and oxygen atoms in total. The topological polar surface area (TPSA) is 78.0 Å². The molecule has 0 spiro atoms. The van der Waals surface area contributed by atoms with E-state index in [2.05, 4.69) is 21.0 Å². The quantitative estimate of drug-likeness (QED) is 0.881. The molecule has 1 aliphatic rings. The van der Waals surface area contributed by atoms with Crippen molar-refractivity contribution in [1.29, 1.82) is 0 Å². The second-order valence-corrected chi connectivity index (χ2v) is 8.45. The SMILES string of the molecule is Cc1c(Br)cccc1-c1cc(N)n(C2CCS(=O)(=O)C2)n1. The number of hydrogen-bond donors (Lipinski definition) is 1. The van der Waals surface area contributed by atoms with Gasteiger partial charge in [-0.25, -0.2) is 13.1 Å².